The van der Waals surface area contributed by atoms with Gasteiger partial charge in [-0.3, -0.25) is 0 Å². The van der Waals surface area contributed by atoms with Crippen LogP contribution in [-0.2, 0) is 18.9 Å². The first kappa shape index (κ1) is 11.5. The molecule has 1 aliphatic heterocycles. The van der Waals surface area contributed by atoms with Crippen molar-refractivity contribution >= 4 is 0 Å². The molecule has 0 aliphatic carbocycles. The molecule has 1 fully saturated rings. The zero-order valence-corrected chi connectivity index (χ0v) is 9.67. The molecule has 4 nitrogen and oxygen atoms in total. The number of methoxy groups -OCH3 is 3. The normalized spacial score (nSPS) is 27.4. The molecule has 1 saturated heterocycles. The van der Waals surface area contributed by atoms with Gasteiger partial charge in [0, 0.05) is 21.3 Å². The fraction of sp³-hybridized carbons (Fsp3) is 0.500. The molecular weight excluding hydrogens is 208 g/mol. The third kappa shape index (κ3) is 1.64. The van der Waals surface area contributed by atoms with Gasteiger partial charge in [0.15, 0.2) is 6.10 Å². The van der Waals surface area contributed by atoms with Crippen molar-refractivity contribution in [3.63, 3.8) is 0 Å². The largest absolute Gasteiger partial charge is 0.370 e. The van der Waals surface area contributed by atoms with Crippen LogP contribution in [0.1, 0.15) is 11.7 Å². The van der Waals surface area contributed by atoms with Crippen molar-refractivity contribution in [2.45, 2.75) is 18.2 Å². The molecule has 1 aromatic carbocycles. The zero-order valence-electron chi connectivity index (χ0n) is 9.67. The lowest BCUT2D eigenvalue weighted by Crippen LogP contribution is -2.62. The zero-order chi connectivity index (χ0) is 11.6. The Morgan fingerprint density at radius 3 is 2.19 bits per heavy atom. The van der Waals surface area contributed by atoms with Gasteiger partial charge in [0.1, 0.15) is 6.10 Å². The quantitative estimate of drug-likeness (QED) is 0.730. The molecule has 2 atom stereocenters. The maximum Gasteiger partial charge on any atom is 0.314 e. The molecule has 0 saturated carbocycles. The highest BCUT2D eigenvalue weighted by Gasteiger charge is 2.59. The van der Waals surface area contributed by atoms with Crippen LogP contribution in [0.3, 0.4) is 0 Å². The molecule has 16 heavy (non-hydrogen) atoms. The summed E-state index contributed by atoms with van der Waals surface area (Å²) < 4.78 is 21.4. The summed E-state index contributed by atoms with van der Waals surface area (Å²) in [5.74, 6) is -1.07. The first-order chi connectivity index (χ1) is 7.77. The summed E-state index contributed by atoms with van der Waals surface area (Å²) in [5, 5.41) is 0. The fourth-order valence-corrected chi connectivity index (χ4v) is 1.98. The first-order valence-corrected chi connectivity index (χ1v) is 5.13. The minimum atomic E-state index is -1.07. The topological polar surface area (TPSA) is 36.9 Å². The van der Waals surface area contributed by atoms with E-state index in [0.717, 1.165) is 5.56 Å². The van der Waals surface area contributed by atoms with E-state index >= 15 is 0 Å². The molecule has 0 bridgehead atoms. The highest BCUT2D eigenvalue weighted by atomic mass is 16.9. The summed E-state index contributed by atoms with van der Waals surface area (Å²) in [4.78, 5) is 0. The summed E-state index contributed by atoms with van der Waals surface area (Å²) in [6.45, 7) is 0. The molecule has 88 valence electrons. The molecule has 0 N–H and O–H groups in total. The number of benzene rings is 1. The molecule has 0 spiro atoms. The monoisotopic (exact) mass is 224 g/mol. The van der Waals surface area contributed by atoms with Gasteiger partial charge >= 0.3 is 5.97 Å². The van der Waals surface area contributed by atoms with Crippen molar-refractivity contribution < 1.29 is 18.9 Å². The predicted molar refractivity (Wildman–Crippen MR) is 57.8 cm³/mol. The lowest BCUT2D eigenvalue weighted by molar-refractivity contribution is -0.495. The lowest BCUT2D eigenvalue weighted by atomic mass is 9.97. The van der Waals surface area contributed by atoms with Gasteiger partial charge in [-0.25, -0.2) is 0 Å². The Labute approximate surface area is 95.1 Å². The van der Waals surface area contributed by atoms with Gasteiger partial charge in [0.2, 0.25) is 0 Å². The van der Waals surface area contributed by atoms with Crippen LogP contribution in [0.15, 0.2) is 30.3 Å². The molecule has 1 aliphatic rings. The first-order valence-electron chi connectivity index (χ1n) is 5.13. The predicted octanol–water partition coefficient (Wildman–Crippen LogP) is 1.72. The van der Waals surface area contributed by atoms with E-state index in [2.05, 4.69) is 0 Å². The third-order valence-corrected chi connectivity index (χ3v) is 2.87. The Morgan fingerprint density at radius 2 is 1.69 bits per heavy atom. The average molecular weight is 224 g/mol. The molecule has 1 heterocycles. The van der Waals surface area contributed by atoms with E-state index in [1.165, 1.54) is 14.2 Å². The van der Waals surface area contributed by atoms with Gasteiger partial charge in [-0.15, -0.1) is 0 Å². The molecule has 0 radical (unpaired) electrons. The van der Waals surface area contributed by atoms with Crippen LogP contribution in [0.2, 0.25) is 0 Å². The van der Waals surface area contributed by atoms with Crippen LogP contribution in [0.4, 0.5) is 0 Å². The van der Waals surface area contributed by atoms with Gasteiger partial charge < -0.3 is 18.9 Å². The van der Waals surface area contributed by atoms with Crippen LogP contribution >= 0.6 is 0 Å². The molecule has 2 unspecified atom stereocenters. The van der Waals surface area contributed by atoms with Crippen molar-refractivity contribution in [2.75, 3.05) is 21.3 Å². The van der Waals surface area contributed by atoms with Crippen LogP contribution in [-0.4, -0.2) is 33.4 Å². The van der Waals surface area contributed by atoms with Gasteiger partial charge in [0.25, 0.3) is 0 Å². The van der Waals surface area contributed by atoms with Crippen LogP contribution < -0.4 is 0 Å². The molecular formula is C12H16O4. The van der Waals surface area contributed by atoms with E-state index in [1.807, 2.05) is 30.3 Å². The standard InChI is InChI=1S/C12H16O4/c1-13-11-10(9-7-5-4-6-8-9)16-12(11,14-2)15-3/h4-8,10-11H,1-3H3. The van der Waals surface area contributed by atoms with Crippen molar-refractivity contribution in [1.29, 1.82) is 0 Å². The lowest BCUT2D eigenvalue weighted by Gasteiger charge is -2.50. The SMILES string of the molecule is COC1C(c2ccccc2)OC1(OC)OC. The van der Waals surface area contributed by atoms with E-state index in [-0.39, 0.29) is 12.2 Å². The van der Waals surface area contributed by atoms with Crippen LogP contribution in [0.5, 0.6) is 0 Å². The van der Waals surface area contributed by atoms with Gasteiger partial charge in [-0.05, 0) is 5.56 Å². The Kier molecular flexibility index (Phi) is 3.25. The highest BCUT2D eigenvalue weighted by molar-refractivity contribution is 5.21. The van der Waals surface area contributed by atoms with E-state index in [0.29, 0.717) is 0 Å². The van der Waals surface area contributed by atoms with Crippen LogP contribution in [0.25, 0.3) is 0 Å². The fourth-order valence-electron chi connectivity index (χ4n) is 1.98. The Morgan fingerprint density at radius 1 is 1.06 bits per heavy atom. The summed E-state index contributed by atoms with van der Waals surface area (Å²) in [6.07, 6.45) is -0.406. The summed E-state index contributed by atoms with van der Waals surface area (Å²) in [6, 6.07) is 9.87. The molecule has 0 aromatic heterocycles. The second-order valence-corrected chi connectivity index (χ2v) is 3.62. The van der Waals surface area contributed by atoms with Crippen molar-refractivity contribution in [3.8, 4) is 0 Å². The second kappa shape index (κ2) is 4.51. The molecule has 4 heteroatoms. The third-order valence-electron chi connectivity index (χ3n) is 2.87. The molecule has 0 amide bonds. The van der Waals surface area contributed by atoms with E-state index in [1.54, 1.807) is 7.11 Å². The van der Waals surface area contributed by atoms with Crippen LogP contribution in [0, 0.1) is 0 Å². The smallest absolute Gasteiger partial charge is 0.314 e. The summed E-state index contributed by atoms with van der Waals surface area (Å²) in [5.41, 5.74) is 1.05. The Bertz CT molecular complexity index is 334. The maximum absolute atomic E-state index is 5.65. The van der Waals surface area contributed by atoms with Gasteiger partial charge in [-0.2, -0.15) is 0 Å². The summed E-state index contributed by atoms with van der Waals surface area (Å²) in [7, 11) is 4.70. The molecule has 2 rings (SSSR count). The maximum atomic E-state index is 5.65. The Hall–Kier alpha value is -0.940. The van der Waals surface area contributed by atoms with Crippen molar-refractivity contribution in [1.82, 2.24) is 0 Å². The second-order valence-electron chi connectivity index (χ2n) is 3.62. The molecule has 1 aromatic rings. The number of hydrogen-bond acceptors (Lipinski definition) is 4. The minimum absolute atomic E-state index is 0.147. The van der Waals surface area contributed by atoms with Crippen molar-refractivity contribution in [2.24, 2.45) is 0 Å². The van der Waals surface area contributed by atoms with E-state index in [4.69, 9.17) is 18.9 Å². The summed E-state index contributed by atoms with van der Waals surface area (Å²) >= 11 is 0. The number of rotatable bonds is 4. The number of hydrogen-bond donors (Lipinski definition) is 0. The minimum Gasteiger partial charge on any atom is -0.370 e. The van der Waals surface area contributed by atoms with E-state index in [9.17, 15) is 0 Å². The van der Waals surface area contributed by atoms with Crippen molar-refractivity contribution in [3.05, 3.63) is 35.9 Å². The van der Waals surface area contributed by atoms with Gasteiger partial charge in [-0.1, -0.05) is 30.3 Å². The highest BCUT2D eigenvalue weighted by Crippen LogP contribution is 2.45. The van der Waals surface area contributed by atoms with Gasteiger partial charge in [0.05, 0.1) is 0 Å². The number of ether oxygens (including phenoxy) is 4. The Balaban J connectivity index is 2.17. The van der Waals surface area contributed by atoms with E-state index < -0.39 is 5.97 Å². The average Bonchev–Trinajstić information content (AvgIpc) is 2.31.